The van der Waals surface area contributed by atoms with Crippen LogP contribution in [0.2, 0.25) is 0 Å². The average molecular weight is 281 g/mol. The van der Waals surface area contributed by atoms with Crippen molar-refractivity contribution < 1.29 is 9.47 Å². The SMILES string of the molecule is CCNC(C1CCOC2(CCCC2)C1)C1CCC(C)O1. The number of hydrogen-bond acceptors (Lipinski definition) is 3. The molecule has 3 fully saturated rings. The summed E-state index contributed by atoms with van der Waals surface area (Å²) in [4.78, 5) is 0. The second kappa shape index (κ2) is 6.33. The van der Waals surface area contributed by atoms with Crippen LogP contribution in [0.1, 0.15) is 65.2 Å². The average Bonchev–Trinajstić information content (AvgIpc) is 3.06. The van der Waals surface area contributed by atoms with Gasteiger partial charge in [-0.15, -0.1) is 0 Å². The van der Waals surface area contributed by atoms with E-state index in [2.05, 4.69) is 19.2 Å². The molecule has 0 amide bonds. The van der Waals surface area contributed by atoms with Gasteiger partial charge in [0.1, 0.15) is 0 Å². The second-order valence-electron chi connectivity index (χ2n) is 7.14. The van der Waals surface area contributed by atoms with Crippen molar-refractivity contribution in [3.8, 4) is 0 Å². The lowest BCUT2D eigenvalue weighted by Crippen LogP contribution is -2.50. The van der Waals surface area contributed by atoms with E-state index in [0.29, 0.717) is 18.2 Å². The molecule has 3 heteroatoms. The Morgan fingerprint density at radius 3 is 2.65 bits per heavy atom. The van der Waals surface area contributed by atoms with E-state index in [1.54, 1.807) is 0 Å². The van der Waals surface area contributed by atoms with Gasteiger partial charge < -0.3 is 14.8 Å². The van der Waals surface area contributed by atoms with Crippen molar-refractivity contribution in [3.63, 3.8) is 0 Å². The molecule has 4 atom stereocenters. The maximum atomic E-state index is 6.20. The van der Waals surface area contributed by atoms with Gasteiger partial charge in [-0.25, -0.2) is 0 Å². The standard InChI is InChI=1S/C17H31NO2/c1-3-18-16(15-7-6-13(2)20-15)14-8-11-19-17(12-14)9-4-5-10-17/h13-16,18H,3-12H2,1-2H3. The fourth-order valence-corrected chi connectivity index (χ4v) is 4.67. The molecule has 1 N–H and O–H groups in total. The Morgan fingerprint density at radius 2 is 2.00 bits per heavy atom. The fraction of sp³-hybridized carbons (Fsp3) is 1.00. The maximum absolute atomic E-state index is 6.20. The molecule has 116 valence electrons. The fourth-order valence-electron chi connectivity index (χ4n) is 4.67. The van der Waals surface area contributed by atoms with Gasteiger partial charge in [0.15, 0.2) is 0 Å². The van der Waals surface area contributed by atoms with Crippen LogP contribution < -0.4 is 5.32 Å². The molecule has 3 rings (SSSR count). The van der Waals surface area contributed by atoms with E-state index in [9.17, 15) is 0 Å². The van der Waals surface area contributed by atoms with Crippen LogP contribution in [0.15, 0.2) is 0 Å². The van der Waals surface area contributed by atoms with E-state index >= 15 is 0 Å². The minimum Gasteiger partial charge on any atom is -0.375 e. The molecule has 1 saturated carbocycles. The van der Waals surface area contributed by atoms with E-state index in [4.69, 9.17) is 9.47 Å². The number of hydrogen-bond donors (Lipinski definition) is 1. The van der Waals surface area contributed by atoms with Crippen LogP contribution in [0.5, 0.6) is 0 Å². The Hall–Kier alpha value is -0.120. The molecule has 0 aromatic carbocycles. The molecule has 2 saturated heterocycles. The van der Waals surface area contributed by atoms with Crippen molar-refractivity contribution in [2.75, 3.05) is 13.2 Å². The second-order valence-corrected chi connectivity index (χ2v) is 7.14. The molecule has 2 aliphatic heterocycles. The molecule has 0 aromatic heterocycles. The Labute approximate surface area is 123 Å². The summed E-state index contributed by atoms with van der Waals surface area (Å²) in [7, 11) is 0. The van der Waals surface area contributed by atoms with Gasteiger partial charge in [-0.2, -0.15) is 0 Å². The van der Waals surface area contributed by atoms with Crippen molar-refractivity contribution in [1.29, 1.82) is 0 Å². The minimum absolute atomic E-state index is 0.223. The Kier molecular flexibility index (Phi) is 4.68. The molecule has 0 radical (unpaired) electrons. The third-order valence-corrected chi connectivity index (χ3v) is 5.66. The van der Waals surface area contributed by atoms with Crippen LogP contribution in [0, 0.1) is 5.92 Å². The van der Waals surface area contributed by atoms with Gasteiger partial charge >= 0.3 is 0 Å². The normalized spacial score (nSPS) is 38.4. The molecule has 1 aliphatic carbocycles. The smallest absolute Gasteiger partial charge is 0.0735 e. The van der Waals surface area contributed by atoms with Crippen LogP contribution in [-0.2, 0) is 9.47 Å². The van der Waals surface area contributed by atoms with Gasteiger partial charge in [-0.1, -0.05) is 19.8 Å². The zero-order valence-electron chi connectivity index (χ0n) is 13.2. The third-order valence-electron chi connectivity index (χ3n) is 5.66. The first-order valence-corrected chi connectivity index (χ1v) is 8.75. The molecule has 0 bridgehead atoms. The monoisotopic (exact) mass is 281 g/mol. The highest BCUT2D eigenvalue weighted by Gasteiger charge is 2.44. The van der Waals surface area contributed by atoms with Crippen molar-refractivity contribution in [3.05, 3.63) is 0 Å². The third kappa shape index (κ3) is 3.05. The summed E-state index contributed by atoms with van der Waals surface area (Å²) in [5.41, 5.74) is 0.223. The largest absolute Gasteiger partial charge is 0.375 e. The molecule has 0 aromatic rings. The summed E-state index contributed by atoms with van der Waals surface area (Å²) in [5, 5.41) is 3.74. The number of rotatable bonds is 4. The lowest BCUT2D eigenvalue weighted by molar-refractivity contribution is -0.107. The molecule has 20 heavy (non-hydrogen) atoms. The van der Waals surface area contributed by atoms with E-state index in [0.717, 1.165) is 19.1 Å². The summed E-state index contributed by atoms with van der Waals surface area (Å²) < 4.78 is 12.4. The van der Waals surface area contributed by atoms with Crippen LogP contribution in [-0.4, -0.2) is 37.0 Å². The van der Waals surface area contributed by atoms with E-state index in [-0.39, 0.29) is 5.60 Å². The molecule has 3 aliphatic rings. The molecule has 2 heterocycles. The number of likely N-dealkylation sites (N-methyl/N-ethyl adjacent to an activating group) is 1. The molecular formula is C17H31NO2. The van der Waals surface area contributed by atoms with Gasteiger partial charge in [0.25, 0.3) is 0 Å². The first-order chi connectivity index (χ1) is 9.72. The van der Waals surface area contributed by atoms with Crippen molar-refractivity contribution in [1.82, 2.24) is 5.32 Å². The Balaban J connectivity index is 1.67. The first-order valence-electron chi connectivity index (χ1n) is 8.75. The summed E-state index contributed by atoms with van der Waals surface area (Å²) in [6, 6.07) is 0.534. The molecule has 1 spiro atoms. The highest BCUT2D eigenvalue weighted by molar-refractivity contribution is 4.97. The van der Waals surface area contributed by atoms with Gasteiger partial charge in [-0.3, -0.25) is 0 Å². The van der Waals surface area contributed by atoms with Crippen molar-refractivity contribution in [2.24, 2.45) is 5.92 Å². The van der Waals surface area contributed by atoms with Crippen molar-refractivity contribution in [2.45, 2.75) is 89.1 Å². The van der Waals surface area contributed by atoms with E-state index in [1.165, 1.54) is 51.4 Å². The first kappa shape index (κ1) is 14.8. The van der Waals surface area contributed by atoms with Crippen molar-refractivity contribution >= 4 is 0 Å². The van der Waals surface area contributed by atoms with Gasteiger partial charge in [0, 0.05) is 12.6 Å². The molecular weight excluding hydrogens is 250 g/mol. The lowest BCUT2D eigenvalue weighted by Gasteiger charge is -2.43. The molecule has 4 unspecified atom stereocenters. The highest BCUT2D eigenvalue weighted by atomic mass is 16.5. The van der Waals surface area contributed by atoms with Gasteiger partial charge in [0.05, 0.1) is 17.8 Å². The highest BCUT2D eigenvalue weighted by Crippen LogP contribution is 2.44. The van der Waals surface area contributed by atoms with Gasteiger partial charge in [0.2, 0.25) is 0 Å². The zero-order valence-corrected chi connectivity index (χ0v) is 13.2. The van der Waals surface area contributed by atoms with Crippen LogP contribution >= 0.6 is 0 Å². The summed E-state index contributed by atoms with van der Waals surface area (Å²) >= 11 is 0. The Bertz CT molecular complexity index is 314. The quantitative estimate of drug-likeness (QED) is 0.858. The summed E-state index contributed by atoms with van der Waals surface area (Å²) in [6.07, 6.45) is 11.0. The predicted octanol–water partition coefficient (Wildman–Crippen LogP) is 3.27. The zero-order chi connectivity index (χ0) is 14.0. The van der Waals surface area contributed by atoms with Crippen LogP contribution in [0.4, 0.5) is 0 Å². The molecule has 3 nitrogen and oxygen atoms in total. The van der Waals surface area contributed by atoms with Crippen LogP contribution in [0.3, 0.4) is 0 Å². The Morgan fingerprint density at radius 1 is 1.20 bits per heavy atom. The summed E-state index contributed by atoms with van der Waals surface area (Å²) in [6.45, 7) is 6.43. The maximum Gasteiger partial charge on any atom is 0.0735 e. The summed E-state index contributed by atoms with van der Waals surface area (Å²) in [5.74, 6) is 0.733. The predicted molar refractivity (Wildman–Crippen MR) is 80.9 cm³/mol. The lowest BCUT2D eigenvalue weighted by atomic mass is 9.78. The minimum atomic E-state index is 0.223. The topological polar surface area (TPSA) is 30.5 Å². The van der Waals surface area contributed by atoms with Crippen LogP contribution in [0.25, 0.3) is 0 Å². The van der Waals surface area contributed by atoms with E-state index < -0.39 is 0 Å². The van der Waals surface area contributed by atoms with E-state index in [1.807, 2.05) is 0 Å². The number of nitrogens with one attached hydrogen (secondary N) is 1. The number of ether oxygens (including phenoxy) is 2. The van der Waals surface area contributed by atoms with Gasteiger partial charge in [-0.05, 0) is 57.9 Å².